The van der Waals surface area contributed by atoms with E-state index in [0.29, 0.717) is 21.3 Å². The Morgan fingerprint density at radius 3 is 2.54 bits per heavy atom. The number of amides is 2. The Labute approximate surface area is 156 Å². The Bertz CT molecular complexity index is 1020. The second-order valence-electron chi connectivity index (χ2n) is 5.29. The van der Waals surface area contributed by atoms with Gasteiger partial charge in [0.25, 0.3) is 17.4 Å². The van der Waals surface area contributed by atoms with Crippen molar-refractivity contribution in [3.05, 3.63) is 87.0 Å². The van der Waals surface area contributed by atoms with E-state index in [1.54, 1.807) is 36.5 Å². The van der Waals surface area contributed by atoms with Crippen LogP contribution < -0.4 is 16.2 Å². The molecule has 3 N–H and O–H groups in total. The summed E-state index contributed by atoms with van der Waals surface area (Å²) in [5, 5.41) is 5.25. The van der Waals surface area contributed by atoms with Gasteiger partial charge in [-0.2, -0.15) is 0 Å². The van der Waals surface area contributed by atoms with Crippen molar-refractivity contribution in [1.82, 2.24) is 9.97 Å². The first kappa shape index (κ1) is 17.6. The standard InChI is InChI=1S/C18H13BrN4O3/c19-13-8-15(18(26)21-10-13)23-16(24)11-3-1-5-14(7-11)22-17(25)12-4-2-6-20-9-12/h1-10H,(H,21,26)(H,22,25)(H,23,24). The van der Waals surface area contributed by atoms with E-state index in [4.69, 9.17) is 0 Å². The van der Waals surface area contributed by atoms with E-state index < -0.39 is 11.5 Å². The zero-order valence-electron chi connectivity index (χ0n) is 13.3. The minimum absolute atomic E-state index is 0.120. The van der Waals surface area contributed by atoms with E-state index in [0.717, 1.165) is 0 Å². The molecular formula is C18H13BrN4O3. The highest BCUT2D eigenvalue weighted by molar-refractivity contribution is 9.10. The number of H-pyrrole nitrogens is 1. The van der Waals surface area contributed by atoms with Crippen LogP contribution in [0.1, 0.15) is 20.7 Å². The third-order valence-corrected chi connectivity index (χ3v) is 3.88. The molecule has 0 aliphatic heterocycles. The molecule has 0 aliphatic rings. The van der Waals surface area contributed by atoms with Crippen LogP contribution in [0.4, 0.5) is 11.4 Å². The molecule has 0 atom stereocenters. The lowest BCUT2D eigenvalue weighted by atomic mass is 10.1. The summed E-state index contributed by atoms with van der Waals surface area (Å²) in [6.45, 7) is 0. The van der Waals surface area contributed by atoms with Crippen LogP contribution in [0.2, 0.25) is 0 Å². The van der Waals surface area contributed by atoms with Crippen LogP contribution in [0.5, 0.6) is 0 Å². The number of pyridine rings is 2. The average molecular weight is 413 g/mol. The summed E-state index contributed by atoms with van der Waals surface area (Å²) >= 11 is 3.23. The van der Waals surface area contributed by atoms with Crippen molar-refractivity contribution in [2.24, 2.45) is 0 Å². The van der Waals surface area contributed by atoms with E-state index in [9.17, 15) is 14.4 Å². The Balaban J connectivity index is 1.76. The zero-order chi connectivity index (χ0) is 18.5. The van der Waals surface area contributed by atoms with Crippen molar-refractivity contribution < 1.29 is 9.59 Å². The SMILES string of the molecule is O=C(Nc1cccc(C(=O)Nc2cc(Br)c[nH]c2=O)c1)c1cccnc1. The van der Waals surface area contributed by atoms with Gasteiger partial charge in [-0.1, -0.05) is 6.07 Å². The van der Waals surface area contributed by atoms with E-state index in [1.807, 2.05) is 0 Å². The molecule has 0 saturated heterocycles. The van der Waals surface area contributed by atoms with Gasteiger partial charge in [0.15, 0.2) is 0 Å². The van der Waals surface area contributed by atoms with Crippen LogP contribution in [-0.4, -0.2) is 21.8 Å². The van der Waals surface area contributed by atoms with Gasteiger partial charge in [0.1, 0.15) is 5.69 Å². The van der Waals surface area contributed by atoms with E-state index in [-0.39, 0.29) is 11.6 Å². The highest BCUT2D eigenvalue weighted by atomic mass is 79.9. The lowest BCUT2D eigenvalue weighted by Crippen LogP contribution is -2.20. The van der Waals surface area contributed by atoms with Gasteiger partial charge < -0.3 is 15.6 Å². The van der Waals surface area contributed by atoms with Crippen molar-refractivity contribution >= 4 is 39.1 Å². The Morgan fingerprint density at radius 2 is 1.77 bits per heavy atom. The van der Waals surface area contributed by atoms with E-state index >= 15 is 0 Å². The van der Waals surface area contributed by atoms with Crippen molar-refractivity contribution in [2.45, 2.75) is 0 Å². The largest absolute Gasteiger partial charge is 0.326 e. The molecule has 0 radical (unpaired) electrons. The number of aromatic nitrogens is 2. The van der Waals surface area contributed by atoms with E-state index in [1.165, 1.54) is 24.5 Å². The minimum Gasteiger partial charge on any atom is -0.326 e. The van der Waals surface area contributed by atoms with Crippen LogP contribution in [0.15, 0.2) is 70.3 Å². The van der Waals surface area contributed by atoms with Crippen LogP contribution in [-0.2, 0) is 0 Å². The molecule has 0 saturated carbocycles. The molecule has 2 amide bonds. The maximum Gasteiger partial charge on any atom is 0.271 e. The maximum absolute atomic E-state index is 12.4. The molecule has 3 rings (SSSR count). The fourth-order valence-electron chi connectivity index (χ4n) is 2.18. The van der Waals surface area contributed by atoms with Crippen molar-refractivity contribution in [2.75, 3.05) is 10.6 Å². The number of rotatable bonds is 4. The molecule has 7 nitrogen and oxygen atoms in total. The van der Waals surface area contributed by atoms with Crippen LogP contribution in [0.3, 0.4) is 0 Å². The van der Waals surface area contributed by atoms with Gasteiger partial charge in [-0.25, -0.2) is 0 Å². The van der Waals surface area contributed by atoms with Gasteiger partial charge in [-0.15, -0.1) is 0 Å². The lowest BCUT2D eigenvalue weighted by Gasteiger charge is -2.08. The lowest BCUT2D eigenvalue weighted by molar-refractivity contribution is 0.101. The molecule has 2 aromatic heterocycles. The number of hydrogen-bond donors (Lipinski definition) is 3. The van der Waals surface area contributed by atoms with Gasteiger partial charge in [-0.05, 0) is 52.3 Å². The number of aromatic amines is 1. The first-order chi connectivity index (χ1) is 12.5. The molecule has 0 fully saturated rings. The minimum atomic E-state index is -0.467. The molecule has 0 spiro atoms. The molecule has 2 heterocycles. The summed E-state index contributed by atoms with van der Waals surface area (Å²) in [6, 6.07) is 11.2. The second-order valence-corrected chi connectivity index (χ2v) is 6.21. The third-order valence-electron chi connectivity index (χ3n) is 3.42. The quantitative estimate of drug-likeness (QED) is 0.612. The number of halogens is 1. The van der Waals surface area contributed by atoms with Crippen LogP contribution in [0, 0.1) is 0 Å². The number of benzene rings is 1. The second kappa shape index (κ2) is 7.75. The van der Waals surface area contributed by atoms with Crippen LogP contribution in [0.25, 0.3) is 0 Å². The van der Waals surface area contributed by atoms with Crippen molar-refractivity contribution in [3.8, 4) is 0 Å². The molecule has 130 valence electrons. The Kier molecular flexibility index (Phi) is 5.23. The normalized spacial score (nSPS) is 10.2. The highest BCUT2D eigenvalue weighted by Gasteiger charge is 2.11. The topological polar surface area (TPSA) is 104 Å². The van der Waals surface area contributed by atoms with E-state index in [2.05, 4.69) is 36.5 Å². The number of hydrogen-bond acceptors (Lipinski definition) is 4. The van der Waals surface area contributed by atoms with Crippen molar-refractivity contribution in [1.29, 1.82) is 0 Å². The number of anilines is 2. The fraction of sp³-hybridized carbons (Fsp3) is 0. The molecule has 26 heavy (non-hydrogen) atoms. The summed E-state index contributed by atoms with van der Waals surface area (Å²) in [5.41, 5.74) is 0.864. The van der Waals surface area contributed by atoms with Gasteiger partial charge in [0.05, 0.1) is 5.56 Å². The Morgan fingerprint density at radius 1 is 1.00 bits per heavy atom. The molecule has 0 unspecified atom stereocenters. The molecule has 0 aliphatic carbocycles. The predicted molar refractivity (Wildman–Crippen MR) is 101 cm³/mol. The molecule has 8 heteroatoms. The molecule has 1 aromatic carbocycles. The number of nitrogens with zero attached hydrogens (tertiary/aromatic N) is 1. The number of carbonyl (C=O) groups excluding carboxylic acids is 2. The van der Waals surface area contributed by atoms with Gasteiger partial charge in [0, 0.05) is 34.3 Å². The smallest absolute Gasteiger partial charge is 0.271 e. The monoisotopic (exact) mass is 412 g/mol. The third kappa shape index (κ3) is 4.22. The van der Waals surface area contributed by atoms with Crippen molar-refractivity contribution in [3.63, 3.8) is 0 Å². The summed E-state index contributed by atoms with van der Waals surface area (Å²) in [6.07, 6.45) is 4.50. The summed E-state index contributed by atoms with van der Waals surface area (Å²) in [5.74, 6) is -0.801. The van der Waals surface area contributed by atoms with Gasteiger partial charge in [-0.3, -0.25) is 19.4 Å². The Hall–Kier alpha value is -3.26. The zero-order valence-corrected chi connectivity index (χ0v) is 14.9. The predicted octanol–water partition coefficient (Wildman–Crippen LogP) is 3.04. The summed E-state index contributed by atoms with van der Waals surface area (Å²) in [4.78, 5) is 42.7. The van der Waals surface area contributed by atoms with Gasteiger partial charge >= 0.3 is 0 Å². The van der Waals surface area contributed by atoms with Gasteiger partial charge in [0.2, 0.25) is 0 Å². The first-order valence-electron chi connectivity index (χ1n) is 7.54. The molecule has 0 bridgehead atoms. The van der Waals surface area contributed by atoms with Crippen LogP contribution >= 0.6 is 15.9 Å². The number of nitrogens with one attached hydrogen (secondary N) is 3. The highest BCUT2D eigenvalue weighted by Crippen LogP contribution is 2.15. The first-order valence-corrected chi connectivity index (χ1v) is 8.33. The summed E-state index contributed by atoms with van der Waals surface area (Å²) < 4.78 is 0.630. The maximum atomic E-state index is 12.4. The number of carbonyl (C=O) groups is 2. The summed E-state index contributed by atoms with van der Waals surface area (Å²) in [7, 11) is 0. The molecular weight excluding hydrogens is 400 g/mol. The molecule has 3 aromatic rings. The average Bonchev–Trinajstić information content (AvgIpc) is 2.65. The fourth-order valence-corrected chi connectivity index (χ4v) is 2.53.